The predicted octanol–water partition coefficient (Wildman–Crippen LogP) is 4.02. The number of rotatable bonds is 4. The maximum absolute atomic E-state index is 11.7. The van der Waals surface area contributed by atoms with Crippen LogP contribution < -0.4 is 0 Å². The van der Waals surface area contributed by atoms with Crippen LogP contribution in [0.25, 0.3) is 0 Å². The van der Waals surface area contributed by atoms with Crippen LogP contribution in [0.2, 0.25) is 5.02 Å². The van der Waals surface area contributed by atoms with Crippen molar-refractivity contribution < 1.29 is 4.79 Å². The van der Waals surface area contributed by atoms with Crippen LogP contribution in [-0.4, -0.2) is 5.78 Å². The van der Waals surface area contributed by atoms with Crippen LogP contribution in [-0.2, 0) is 0 Å². The van der Waals surface area contributed by atoms with Crippen molar-refractivity contribution in [1.29, 1.82) is 0 Å². The number of Topliss-reactive ketones (excluding diaryl/α,β-unsaturated/α-hetero) is 1. The van der Waals surface area contributed by atoms with Gasteiger partial charge in [0.1, 0.15) is 0 Å². The molecule has 1 nitrogen and oxygen atoms in total. The van der Waals surface area contributed by atoms with Gasteiger partial charge in [0, 0.05) is 17.0 Å². The SMILES string of the molecule is CCCCC(=O)c1ccc(Cl)cc1C. The van der Waals surface area contributed by atoms with E-state index in [-0.39, 0.29) is 5.78 Å². The Morgan fingerprint density at radius 3 is 2.71 bits per heavy atom. The molecular formula is C12H15ClO. The Morgan fingerprint density at radius 2 is 2.14 bits per heavy atom. The maximum atomic E-state index is 11.7. The molecule has 0 atom stereocenters. The van der Waals surface area contributed by atoms with E-state index in [9.17, 15) is 4.79 Å². The number of halogens is 1. The zero-order chi connectivity index (χ0) is 10.6. The lowest BCUT2D eigenvalue weighted by Crippen LogP contribution is -2.01. The van der Waals surface area contributed by atoms with Gasteiger partial charge in [0.15, 0.2) is 5.78 Å². The standard InChI is InChI=1S/C12H15ClO/c1-3-4-5-12(14)11-7-6-10(13)8-9(11)2/h6-8H,3-5H2,1-2H3. The molecule has 0 fully saturated rings. The Kier molecular flexibility index (Phi) is 4.15. The van der Waals surface area contributed by atoms with E-state index in [1.165, 1.54) is 0 Å². The summed E-state index contributed by atoms with van der Waals surface area (Å²) in [7, 11) is 0. The van der Waals surface area contributed by atoms with Crippen LogP contribution in [0.3, 0.4) is 0 Å². The molecule has 0 N–H and O–H groups in total. The lowest BCUT2D eigenvalue weighted by atomic mass is 10.0. The Labute approximate surface area is 90.1 Å². The molecule has 0 aliphatic rings. The van der Waals surface area contributed by atoms with Crippen LogP contribution in [0.4, 0.5) is 0 Å². The largest absolute Gasteiger partial charge is 0.294 e. The number of hydrogen-bond donors (Lipinski definition) is 0. The highest BCUT2D eigenvalue weighted by atomic mass is 35.5. The molecule has 0 aliphatic heterocycles. The smallest absolute Gasteiger partial charge is 0.163 e. The van der Waals surface area contributed by atoms with E-state index in [1.54, 1.807) is 6.07 Å². The Balaban J connectivity index is 2.80. The Bertz CT molecular complexity index is 331. The summed E-state index contributed by atoms with van der Waals surface area (Å²) in [4.78, 5) is 11.7. The highest BCUT2D eigenvalue weighted by Crippen LogP contribution is 2.17. The number of benzene rings is 1. The normalized spacial score (nSPS) is 10.2. The highest BCUT2D eigenvalue weighted by molar-refractivity contribution is 6.30. The van der Waals surface area contributed by atoms with E-state index in [4.69, 9.17) is 11.6 Å². The highest BCUT2D eigenvalue weighted by Gasteiger charge is 2.08. The third-order valence-corrected chi connectivity index (χ3v) is 2.48. The fraction of sp³-hybridized carbons (Fsp3) is 0.417. The summed E-state index contributed by atoms with van der Waals surface area (Å²) < 4.78 is 0. The molecule has 0 heterocycles. The van der Waals surface area contributed by atoms with Crippen LogP contribution in [0.5, 0.6) is 0 Å². The molecule has 0 aliphatic carbocycles. The van der Waals surface area contributed by atoms with Crippen molar-refractivity contribution in [2.45, 2.75) is 33.1 Å². The van der Waals surface area contributed by atoms with Crippen molar-refractivity contribution in [1.82, 2.24) is 0 Å². The summed E-state index contributed by atoms with van der Waals surface area (Å²) >= 11 is 5.81. The van der Waals surface area contributed by atoms with Gasteiger partial charge in [-0.25, -0.2) is 0 Å². The van der Waals surface area contributed by atoms with Crippen LogP contribution >= 0.6 is 11.6 Å². The summed E-state index contributed by atoms with van der Waals surface area (Å²) in [6.07, 6.45) is 2.65. The fourth-order valence-corrected chi connectivity index (χ4v) is 1.64. The van der Waals surface area contributed by atoms with E-state index >= 15 is 0 Å². The number of carbonyl (C=O) groups is 1. The number of carbonyl (C=O) groups excluding carboxylic acids is 1. The molecule has 76 valence electrons. The van der Waals surface area contributed by atoms with Gasteiger partial charge < -0.3 is 0 Å². The van der Waals surface area contributed by atoms with Gasteiger partial charge in [-0.3, -0.25) is 4.79 Å². The van der Waals surface area contributed by atoms with Crippen LogP contribution in [0.1, 0.15) is 42.1 Å². The predicted molar refractivity (Wildman–Crippen MR) is 60.0 cm³/mol. The molecule has 0 amide bonds. The monoisotopic (exact) mass is 210 g/mol. The molecule has 14 heavy (non-hydrogen) atoms. The quantitative estimate of drug-likeness (QED) is 0.686. The second-order valence-electron chi connectivity index (χ2n) is 3.49. The second-order valence-corrected chi connectivity index (χ2v) is 3.92. The minimum absolute atomic E-state index is 0.223. The molecule has 1 aromatic carbocycles. The summed E-state index contributed by atoms with van der Waals surface area (Å²) in [6, 6.07) is 5.42. The summed E-state index contributed by atoms with van der Waals surface area (Å²) in [5, 5.41) is 0.689. The van der Waals surface area contributed by atoms with Crippen molar-refractivity contribution in [2.24, 2.45) is 0 Å². The van der Waals surface area contributed by atoms with Gasteiger partial charge in [-0.2, -0.15) is 0 Å². The third kappa shape index (κ3) is 2.85. The van der Waals surface area contributed by atoms with Gasteiger partial charge >= 0.3 is 0 Å². The second kappa shape index (κ2) is 5.16. The Morgan fingerprint density at radius 1 is 1.43 bits per heavy atom. The minimum atomic E-state index is 0.223. The zero-order valence-corrected chi connectivity index (χ0v) is 9.40. The van der Waals surface area contributed by atoms with Gasteiger partial charge in [-0.1, -0.05) is 24.9 Å². The summed E-state index contributed by atoms with van der Waals surface area (Å²) in [6.45, 7) is 4.01. The van der Waals surface area contributed by atoms with Crippen LogP contribution in [0, 0.1) is 6.92 Å². The zero-order valence-electron chi connectivity index (χ0n) is 8.64. The van der Waals surface area contributed by atoms with Gasteiger partial charge in [-0.15, -0.1) is 0 Å². The van der Waals surface area contributed by atoms with Crippen molar-refractivity contribution >= 4 is 17.4 Å². The molecule has 2 heteroatoms. The number of hydrogen-bond acceptors (Lipinski definition) is 1. The van der Waals surface area contributed by atoms with E-state index in [1.807, 2.05) is 19.1 Å². The van der Waals surface area contributed by atoms with E-state index in [2.05, 4.69) is 6.92 Å². The lowest BCUT2D eigenvalue weighted by molar-refractivity contribution is 0.0979. The molecule has 0 spiro atoms. The summed E-state index contributed by atoms with van der Waals surface area (Å²) in [5.41, 5.74) is 1.78. The molecule has 1 aromatic rings. The molecule has 1 rings (SSSR count). The molecule has 0 saturated heterocycles. The van der Waals surface area contributed by atoms with E-state index < -0.39 is 0 Å². The topological polar surface area (TPSA) is 17.1 Å². The van der Waals surface area contributed by atoms with Gasteiger partial charge in [0.05, 0.1) is 0 Å². The molecular weight excluding hydrogens is 196 g/mol. The average molecular weight is 211 g/mol. The average Bonchev–Trinajstić information content (AvgIpc) is 2.14. The van der Waals surface area contributed by atoms with Gasteiger partial charge in [0.2, 0.25) is 0 Å². The number of aryl methyl sites for hydroxylation is 1. The number of ketones is 1. The molecule has 0 aromatic heterocycles. The van der Waals surface area contributed by atoms with E-state index in [0.717, 1.165) is 24.0 Å². The summed E-state index contributed by atoms with van der Waals surface area (Å²) in [5.74, 6) is 0.223. The first kappa shape index (κ1) is 11.3. The van der Waals surface area contributed by atoms with E-state index in [0.29, 0.717) is 11.4 Å². The molecule has 0 radical (unpaired) electrons. The van der Waals surface area contributed by atoms with Crippen molar-refractivity contribution in [3.8, 4) is 0 Å². The molecule has 0 bridgehead atoms. The first-order chi connectivity index (χ1) is 6.65. The fourth-order valence-electron chi connectivity index (χ4n) is 1.41. The van der Waals surface area contributed by atoms with Crippen molar-refractivity contribution in [3.05, 3.63) is 34.3 Å². The number of unbranched alkanes of at least 4 members (excludes halogenated alkanes) is 1. The molecule has 0 unspecified atom stereocenters. The van der Waals surface area contributed by atoms with Gasteiger partial charge in [0.25, 0.3) is 0 Å². The van der Waals surface area contributed by atoms with Gasteiger partial charge in [-0.05, 0) is 37.1 Å². The third-order valence-electron chi connectivity index (χ3n) is 2.25. The minimum Gasteiger partial charge on any atom is -0.294 e. The van der Waals surface area contributed by atoms with Crippen LogP contribution in [0.15, 0.2) is 18.2 Å². The maximum Gasteiger partial charge on any atom is 0.163 e. The first-order valence-corrected chi connectivity index (χ1v) is 5.32. The van der Waals surface area contributed by atoms with Crippen molar-refractivity contribution in [2.75, 3.05) is 0 Å². The Hall–Kier alpha value is -0.820. The lowest BCUT2D eigenvalue weighted by Gasteiger charge is -2.04. The first-order valence-electron chi connectivity index (χ1n) is 4.94. The van der Waals surface area contributed by atoms with Crippen molar-refractivity contribution in [3.63, 3.8) is 0 Å². The molecule has 0 saturated carbocycles.